The van der Waals surface area contributed by atoms with Crippen LogP contribution in [0.25, 0.3) is 0 Å². The molecule has 1 aromatic rings. The third-order valence-corrected chi connectivity index (χ3v) is 3.87. The van der Waals surface area contributed by atoms with Gasteiger partial charge in [-0.25, -0.2) is 9.78 Å². The second-order valence-corrected chi connectivity index (χ2v) is 4.74. The van der Waals surface area contributed by atoms with Gasteiger partial charge in [-0.3, -0.25) is 0 Å². The molecule has 1 unspecified atom stereocenters. The minimum atomic E-state index is -0.888. The zero-order valence-electron chi connectivity index (χ0n) is 10.1. The highest BCUT2D eigenvalue weighted by Crippen LogP contribution is 2.27. The number of hydrogen-bond donors (Lipinski definition) is 1. The molecular weight excluding hydrogens is 224 g/mol. The van der Waals surface area contributed by atoms with Crippen LogP contribution in [0.5, 0.6) is 0 Å². The molecule has 0 fully saturated rings. The summed E-state index contributed by atoms with van der Waals surface area (Å²) in [7, 11) is 0. The van der Waals surface area contributed by atoms with Crippen LogP contribution < -0.4 is 4.90 Å². The van der Waals surface area contributed by atoms with E-state index in [2.05, 4.69) is 30.7 Å². The number of anilines is 1. The molecular formula is C11H18N2O2S. The number of carboxylic acid groups (broad SMARTS) is 1. The Labute approximate surface area is 99.9 Å². The fourth-order valence-electron chi connectivity index (χ4n) is 1.56. The first-order valence-corrected chi connectivity index (χ1v) is 6.30. The van der Waals surface area contributed by atoms with Gasteiger partial charge in [0.25, 0.3) is 0 Å². The lowest BCUT2D eigenvalue weighted by atomic mass is 10.2. The quantitative estimate of drug-likeness (QED) is 0.862. The maximum absolute atomic E-state index is 10.9. The van der Waals surface area contributed by atoms with Crippen molar-refractivity contribution in [2.45, 2.75) is 40.2 Å². The number of carboxylic acids is 1. The third-order valence-electron chi connectivity index (χ3n) is 2.69. The molecule has 0 aliphatic rings. The van der Waals surface area contributed by atoms with Crippen LogP contribution in [0.2, 0.25) is 0 Å². The fourth-order valence-corrected chi connectivity index (χ4v) is 2.63. The largest absolute Gasteiger partial charge is 0.477 e. The highest BCUT2D eigenvalue weighted by atomic mass is 32.1. The van der Waals surface area contributed by atoms with Crippen molar-refractivity contribution in [3.63, 3.8) is 0 Å². The molecule has 0 aromatic carbocycles. The number of nitrogens with zero attached hydrogens (tertiary/aromatic N) is 2. The van der Waals surface area contributed by atoms with Crippen molar-refractivity contribution in [2.75, 3.05) is 11.4 Å². The van der Waals surface area contributed by atoms with Gasteiger partial charge in [0.05, 0.1) is 5.69 Å². The van der Waals surface area contributed by atoms with Crippen molar-refractivity contribution in [1.29, 1.82) is 0 Å². The topological polar surface area (TPSA) is 53.4 Å². The van der Waals surface area contributed by atoms with Crippen LogP contribution in [-0.2, 0) is 0 Å². The summed E-state index contributed by atoms with van der Waals surface area (Å²) in [5.41, 5.74) is 0.606. The second-order valence-electron chi connectivity index (χ2n) is 3.76. The molecule has 5 heteroatoms. The lowest BCUT2D eigenvalue weighted by Crippen LogP contribution is -2.32. The monoisotopic (exact) mass is 242 g/mol. The summed E-state index contributed by atoms with van der Waals surface area (Å²) in [5.74, 6) is -0.888. The molecule has 0 aliphatic heterocycles. The van der Waals surface area contributed by atoms with Gasteiger partial charge < -0.3 is 10.0 Å². The zero-order valence-corrected chi connectivity index (χ0v) is 11.0. The van der Waals surface area contributed by atoms with E-state index in [0.29, 0.717) is 16.6 Å². The van der Waals surface area contributed by atoms with E-state index in [-0.39, 0.29) is 0 Å². The average molecular weight is 242 g/mol. The Hall–Kier alpha value is -1.10. The number of thiazole rings is 1. The molecule has 0 radical (unpaired) electrons. The van der Waals surface area contributed by atoms with Crippen molar-refractivity contribution in [2.24, 2.45) is 0 Å². The lowest BCUT2D eigenvalue weighted by Gasteiger charge is -2.26. The molecule has 0 saturated heterocycles. The van der Waals surface area contributed by atoms with E-state index in [0.717, 1.165) is 18.1 Å². The summed E-state index contributed by atoms with van der Waals surface area (Å²) in [5, 5.41) is 9.79. The van der Waals surface area contributed by atoms with E-state index in [1.54, 1.807) is 6.92 Å². The first kappa shape index (κ1) is 13.0. The fraction of sp³-hybridized carbons (Fsp3) is 0.636. The van der Waals surface area contributed by atoms with E-state index in [1.165, 1.54) is 11.3 Å². The van der Waals surface area contributed by atoms with Crippen molar-refractivity contribution >= 4 is 22.4 Å². The minimum Gasteiger partial charge on any atom is -0.477 e. The van der Waals surface area contributed by atoms with Crippen LogP contribution in [0.1, 0.15) is 42.6 Å². The summed E-state index contributed by atoms with van der Waals surface area (Å²) < 4.78 is 0. The first-order valence-electron chi connectivity index (χ1n) is 5.48. The number of carbonyl (C=O) groups is 1. The normalized spacial score (nSPS) is 12.5. The Morgan fingerprint density at radius 1 is 1.56 bits per heavy atom. The van der Waals surface area contributed by atoms with Crippen molar-refractivity contribution < 1.29 is 9.90 Å². The van der Waals surface area contributed by atoms with Gasteiger partial charge in [0.2, 0.25) is 0 Å². The Bertz CT molecular complexity index is 376. The lowest BCUT2D eigenvalue weighted by molar-refractivity contribution is 0.0701. The number of rotatable bonds is 5. The Morgan fingerprint density at radius 2 is 2.19 bits per heavy atom. The maximum Gasteiger partial charge on any atom is 0.347 e. The van der Waals surface area contributed by atoms with Crippen molar-refractivity contribution in [3.8, 4) is 0 Å². The Kier molecular flexibility index (Phi) is 4.29. The van der Waals surface area contributed by atoms with Crippen LogP contribution in [0.4, 0.5) is 5.13 Å². The molecule has 16 heavy (non-hydrogen) atoms. The van der Waals surface area contributed by atoms with Gasteiger partial charge in [0.15, 0.2) is 5.13 Å². The van der Waals surface area contributed by atoms with E-state index >= 15 is 0 Å². The third kappa shape index (κ3) is 2.52. The Morgan fingerprint density at radius 3 is 2.56 bits per heavy atom. The first-order chi connectivity index (χ1) is 7.51. The van der Waals surface area contributed by atoms with E-state index in [1.807, 2.05) is 0 Å². The van der Waals surface area contributed by atoms with Crippen molar-refractivity contribution in [3.05, 3.63) is 10.6 Å². The predicted molar refractivity (Wildman–Crippen MR) is 66.6 cm³/mol. The zero-order chi connectivity index (χ0) is 12.3. The molecule has 1 rings (SSSR count). The summed E-state index contributed by atoms with van der Waals surface area (Å²) >= 11 is 1.26. The molecule has 90 valence electrons. The molecule has 0 saturated carbocycles. The van der Waals surface area contributed by atoms with E-state index in [9.17, 15) is 4.79 Å². The smallest absolute Gasteiger partial charge is 0.347 e. The molecule has 1 N–H and O–H groups in total. The standard InChI is InChI=1S/C11H18N2O2S/c1-5-7(3)13(6-2)11-12-8(4)9(16-11)10(14)15/h7H,5-6H2,1-4H3,(H,14,15). The predicted octanol–water partition coefficient (Wildman–Crippen LogP) is 2.77. The van der Waals surface area contributed by atoms with Gasteiger partial charge in [-0.05, 0) is 27.2 Å². The van der Waals surface area contributed by atoms with Crippen molar-refractivity contribution in [1.82, 2.24) is 4.98 Å². The number of aryl methyl sites for hydroxylation is 1. The number of aromatic carboxylic acids is 1. The van der Waals surface area contributed by atoms with Crippen LogP contribution in [0, 0.1) is 6.92 Å². The molecule has 0 spiro atoms. The number of hydrogen-bond acceptors (Lipinski definition) is 4. The average Bonchev–Trinajstić information content (AvgIpc) is 2.61. The van der Waals surface area contributed by atoms with Crippen LogP contribution >= 0.6 is 11.3 Å². The van der Waals surface area contributed by atoms with Gasteiger partial charge in [-0.2, -0.15) is 0 Å². The SMILES string of the molecule is CCC(C)N(CC)c1nc(C)c(C(=O)O)s1. The summed E-state index contributed by atoms with van der Waals surface area (Å²) in [4.78, 5) is 17.8. The Balaban J connectivity index is 3.03. The molecule has 1 atom stereocenters. The molecule has 0 aliphatic carbocycles. The van der Waals surface area contributed by atoms with Crippen LogP contribution in [0.15, 0.2) is 0 Å². The molecule has 1 aromatic heterocycles. The van der Waals surface area contributed by atoms with Crippen LogP contribution in [-0.4, -0.2) is 28.6 Å². The number of aromatic nitrogens is 1. The molecule has 4 nitrogen and oxygen atoms in total. The summed E-state index contributed by atoms with van der Waals surface area (Å²) in [6.45, 7) is 8.89. The van der Waals surface area contributed by atoms with E-state index < -0.39 is 5.97 Å². The summed E-state index contributed by atoms with van der Waals surface area (Å²) in [6.07, 6.45) is 1.02. The van der Waals surface area contributed by atoms with E-state index in [4.69, 9.17) is 5.11 Å². The molecule has 0 amide bonds. The second kappa shape index (κ2) is 5.30. The minimum absolute atomic E-state index is 0.344. The highest BCUT2D eigenvalue weighted by Gasteiger charge is 2.19. The van der Waals surface area contributed by atoms with Gasteiger partial charge in [-0.1, -0.05) is 18.3 Å². The van der Waals surface area contributed by atoms with Gasteiger partial charge >= 0.3 is 5.97 Å². The highest BCUT2D eigenvalue weighted by molar-refractivity contribution is 7.17. The molecule has 0 bridgehead atoms. The van der Waals surface area contributed by atoms with Gasteiger partial charge in [0.1, 0.15) is 4.88 Å². The van der Waals surface area contributed by atoms with Gasteiger partial charge in [-0.15, -0.1) is 0 Å². The van der Waals surface area contributed by atoms with Gasteiger partial charge in [0, 0.05) is 12.6 Å². The maximum atomic E-state index is 10.9. The molecule has 1 heterocycles. The summed E-state index contributed by atoms with van der Waals surface area (Å²) in [6, 6.07) is 0.386. The van der Waals surface area contributed by atoms with Crippen LogP contribution in [0.3, 0.4) is 0 Å².